The lowest BCUT2D eigenvalue weighted by atomic mass is 10.4. The monoisotopic (exact) mass is 299 g/mol. The number of rotatable bonds is 11. The average Bonchev–Trinajstić information content (AvgIpc) is 2.46. The second-order valence-corrected chi connectivity index (χ2v) is 4.12. The van der Waals surface area contributed by atoms with Crippen LogP contribution in [0.2, 0.25) is 0 Å². The highest BCUT2D eigenvalue weighted by atomic mass is 16.6. The van der Waals surface area contributed by atoms with E-state index in [1.165, 1.54) is 6.07 Å². The maximum absolute atomic E-state index is 10.9. The van der Waals surface area contributed by atoms with Gasteiger partial charge in [-0.25, -0.2) is 0 Å². The van der Waals surface area contributed by atoms with Crippen molar-refractivity contribution in [1.29, 1.82) is 0 Å². The number of anilines is 1. The summed E-state index contributed by atoms with van der Waals surface area (Å²) in [4.78, 5) is 14.5. The lowest BCUT2D eigenvalue weighted by Crippen LogP contribution is -2.11. The Balaban J connectivity index is 2.47. The first-order valence-corrected chi connectivity index (χ1v) is 6.77. The van der Waals surface area contributed by atoms with Gasteiger partial charge in [-0.1, -0.05) is 0 Å². The first-order valence-electron chi connectivity index (χ1n) is 6.77. The zero-order chi connectivity index (χ0) is 15.5. The van der Waals surface area contributed by atoms with E-state index in [4.69, 9.17) is 14.2 Å². The first kappa shape index (κ1) is 17.1. The molecule has 1 N–H and O–H groups in total. The minimum absolute atomic E-state index is 0.000980. The molecule has 0 saturated heterocycles. The Hall–Kier alpha value is -1.93. The summed E-state index contributed by atoms with van der Waals surface area (Å²) in [5.41, 5.74) is -0.156. The van der Waals surface area contributed by atoms with Crippen LogP contribution in [0.15, 0.2) is 12.1 Å². The number of methoxy groups -OCH3 is 1. The fourth-order valence-corrected chi connectivity index (χ4v) is 1.56. The zero-order valence-corrected chi connectivity index (χ0v) is 12.3. The smallest absolute Gasteiger partial charge is 0.331 e. The second kappa shape index (κ2) is 9.89. The highest BCUT2D eigenvalue weighted by Gasteiger charge is 2.17. The normalized spacial score (nSPS) is 10.4. The molecule has 118 valence electrons. The molecule has 0 aliphatic heterocycles. The Bertz CT molecular complexity index is 442. The van der Waals surface area contributed by atoms with Gasteiger partial charge in [0, 0.05) is 32.9 Å². The second-order valence-electron chi connectivity index (χ2n) is 4.12. The Morgan fingerprint density at radius 3 is 2.76 bits per heavy atom. The summed E-state index contributed by atoms with van der Waals surface area (Å²) in [6.07, 6.45) is 0.796. The molecule has 1 rings (SSSR count). The molecule has 0 aromatic carbocycles. The highest BCUT2D eigenvalue weighted by Crippen LogP contribution is 2.26. The van der Waals surface area contributed by atoms with Gasteiger partial charge in [0.05, 0.1) is 11.5 Å². The van der Waals surface area contributed by atoms with Crippen molar-refractivity contribution in [3.63, 3.8) is 0 Å². The summed E-state index contributed by atoms with van der Waals surface area (Å²) in [6, 6.07) is 2.93. The molecule has 1 heterocycles. The number of pyridine rings is 1. The summed E-state index contributed by atoms with van der Waals surface area (Å²) in [5, 5.41) is 13.9. The summed E-state index contributed by atoms with van der Waals surface area (Å²) in [6.45, 7) is 4.33. The van der Waals surface area contributed by atoms with Crippen LogP contribution in [0.5, 0.6) is 5.88 Å². The van der Waals surface area contributed by atoms with Crippen LogP contribution >= 0.6 is 0 Å². The van der Waals surface area contributed by atoms with Crippen LogP contribution in [0.1, 0.15) is 13.3 Å². The van der Waals surface area contributed by atoms with Gasteiger partial charge in [-0.15, -0.1) is 0 Å². The van der Waals surface area contributed by atoms with Crippen LogP contribution in [-0.2, 0) is 9.47 Å². The SMILES string of the molecule is CCNc1ccc([N+](=O)[O-])c(OCCOCCCOC)n1. The Morgan fingerprint density at radius 1 is 1.29 bits per heavy atom. The number of hydrogen-bond acceptors (Lipinski definition) is 7. The molecule has 0 amide bonds. The molecule has 0 aliphatic carbocycles. The molecular formula is C13H21N3O5. The molecule has 1 aromatic rings. The number of nitro groups is 1. The Labute approximate surface area is 123 Å². The predicted octanol–water partition coefficient (Wildman–Crippen LogP) is 1.85. The van der Waals surface area contributed by atoms with E-state index in [0.29, 0.717) is 32.2 Å². The fourth-order valence-electron chi connectivity index (χ4n) is 1.56. The highest BCUT2D eigenvalue weighted by molar-refractivity contribution is 5.49. The molecule has 21 heavy (non-hydrogen) atoms. The lowest BCUT2D eigenvalue weighted by molar-refractivity contribution is -0.386. The van der Waals surface area contributed by atoms with Crippen LogP contribution in [0.4, 0.5) is 11.5 Å². The van der Waals surface area contributed by atoms with Gasteiger partial charge in [0.2, 0.25) is 0 Å². The van der Waals surface area contributed by atoms with Gasteiger partial charge in [0.25, 0.3) is 5.88 Å². The fraction of sp³-hybridized carbons (Fsp3) is 0.615. The van der Waals surface area contributed by atoms with Crippen molar-refractivity contribution < 1.29 is 19.1 Å². The summed E-state index contributed by atoms with van der Waals surface area (Å²) in [7, 11) is 1.63. The molecule has 1 aromatic heterocycles. The standard InChI is InChI=1S/C13H21N3O5/c1-3-14-12-6-5-11(16(17)18)13(15-12)21-10-9-20-8-4-7-19-2/h5-6H,3-4,7-10H2,1-2H3,(H,14,15). The average molecular weight is 299 g/mol. The third-order valence-corrected chi connectivity index (χ3v) is 2.50. The van der Waals surface area contributed by atoms with Crippen LogP contribution in [0.3, 0.4) is 0 Å². The zero-order valence-electron chi connectivity index (χ0n) is 12.3. The van der Waals surface area contributed by atoms with Crippen molar-refractivity contribution in [3.8, 4) is 5.88 Å². The quantitative estimate of drug-likeness (QED) is 0.378. The minimum Gasteiger partial charge on any atom is -0.470 e. The van der Waals surface area contributed by atoms with Crippen molar-refractivity contribution in [2.75, 3.05) is 45.4 Å². The summed E-state index contributed by atoms with van der Waals surface area (Å²) in [5.74, 6) is 0.540. The lowest BCUT2D eigenvalue weighted by Gasteiger charge is -2.08. The molecular weight excluding hydrogens is 278 g/mol. The molecule has 8 heteroatoms. The molecule has 0 atom stereocenters. The van der Waals surface area contributed by atoms with Crippen molar-refractivity contribution in [3.05, 3.63) is 22.2 Å². The predicted molar refractivity (Wildman–Crippen MR) is 77.9 cm³/mol. The molecule has 0 aliphatic rings. The van der Waals surface area contributed by atoms with E-state index in [-0.39, 0.29) is 18.2 Å². The molecule has 0 unspecified atom stereocenters. The van der Waals surface area contributed by atoms with Gasteiger partial charge in [0.1, 0.15) is 12.4 Å². The van der Waals surface area contributed by atoms with E-state index in [0.717, 1.165) is 6.42 Å². The molecule has 0 fully saturated rings. The topological polar surface area (TPSA) is 95.8 Å². The van der Waals surface area contributed by atoms with Gasteiger partial charge in [-0.2, -0.15) is 4.98 Å². The molecule has 0 radical (unpaired) electrons. The largest absolute Gasteiger partial charge is 0.470 e. The van der Waals surface area contributed by atoms with Crippen molar-refractivity contribution >= 4 is 11.5 Å². The van der Waals surface area contributed by atoms with Crippen LogP contribution in [0.25, 0.3) is 0 Å². The van der Waals surface area contributed by atoms with Gasteiger partial charge in [-0.3, -0.25) is 10.1 Å². The minimum atomic E-state index is -0.516. The number of nitrogens with zero attached hydrogens (tertiary/aromatic N) is 2. The third kappa shape index (κ3) is 6.37. The maximum Gasteiger partial charge on any atom is 0.331 e. The van der Waals surface area contributed by atoms with E-state index >= 15 is 0 Å². The van der Waals surface area contributed by atoms with E-state index in [1.54, 1.807) is 13.2 Å². The maximum atomic E-state index is 10.9. The van der Waals surface area contributed by atoms with E-state index < -0.39 is 4.92 Å². The van der Waals surface area contributed by atoms with Crippen molar-refractivity contribution in [2.24, 2.45) is 0 Å². The van der Waals surface area contributed by atoms with E-state index in [1.807, 2.05) is 6.92 Å². The number of hydrogen-bond donors (Lipinski definition) is 1. The number of aromatic nitrogens is 1. The van der Waals surface area contributed by atoms with E-state index in [2.05, 4.69) is 10.3 Å². The van der Waals surface area contributed by atoms with Crippen molar-refractivity contribution in [1.82, 2.24) is 4.98 Å². The number of ether oxygens (including phenoxy) is 3. The summed E-state index contributed by atoms with van der Waals surface area (Å²) >= 11 is 0. The van der Waals surface area contributed by atoms with Crippen LogP contribution in [0, 0.1) is 10.1 Å². The molecule has 8 nitrogen and oxygen atoms in total. The first-order chi connectivity index (χ1) is 10.2. The number of nitrogens with one attached hydrogen (secondary N) is 1. The van der Waals surface area contributed by atoms with Gasteiger partial charge in [-0.05, 0) is 19.4 Å². The Kier molecular flexibility index (Phi) is 8.07. The van der Waals surface area contributed by atoms with E-state index in [9.17, 15) is 10.1 Å². The Morgan fingerprint density at radius 2 is 2.10 bits per heavy atom. The summed E-state index contributed by atoms with van der Waals surface area (Å²) < 4.78 is 15.6. The third-order valence-electron chi connectivity index (χ3n) is 2.50. The molecule has 0 bridgehead atoms. The molecule has 0 saturated carbocycles. The molecule has 0 spiro atoms. The van der Waals surface area contributed by atoms with Crippen molar-refractivity contribution in [2.45, 2.75) is 13.3 Å². The van der Waals surface area contributed by atoms with Gasteiger partial charge >= 0.3 is 5.69 Å². The van der Waals surface area contributed by atoms with Gasteiger partial charge < -0.3 is 19.5 Å². The van der Waals surface area contributed by atoms with Crippen LogP contribution in [-0.4, -0.2) is 50.0 Å². The van der Waals surface area contributed by atoms with Crippen LogP contribution < -0.4 is 10.1 Å². The van der Waals surface area contributed by atoms with Gasteiger partial charge in [0.15, 0.2) is 0 Å².